The first-order valence-electron chi connectivity index (χ1n) is 39.4. The highest BCUT2D eigenvalue weighted by atomic mass is 16.5. The predicted octanol–water partition coefficient (Wildman–Crippen LogP) is 26.0. The van der Waals surface area contributed by atoms with Gasteiger partial charge < -0.3 is 20.3 Å². The molecule has 0 aromatic rings. The zero-order valence-corrected chi connectivity index (χ0v) is 58.8. The molecule has 0 rings (SSSR count). The van der Waals surface area contributed by atoms with E-state index < -0.39 is 12.1 Å². The zero-order chi connectivity index (χ0) is 62.8. The number of rotatable bonds is 74. The molecule has 0 aliphatic heterocycles. The van der Waals surface area contributed by atoms with Gasteiger partial charge in [-0.15, -0.1) is 0 Å². The van der Waals surface area contributed by atoms with Crippen LogP contribution in [-0.4, -0.2) is 47.4 Å². The molecular weight excluding hydrogens is 1070 g/mol. The summed E-state index contributed by atoms with van der Waals surface area (Å²) in [7, 11) is 0. The van der Waals surface area contributed by atoms with E-state index in [1.54, 1.807) is 0 Å². The van der Waals surface area contributed by atoms with Gasteiger partial charge in [0.1, 0.15) is 0 Å². The number of carbonyl (C=O) groups excluding carboxylic acids is 2. The van der Waals surface area contributed by atoms with E-state index >= 15 is 0 Å². The van der Waals surface area contributed by atoms with Crippen molar-refractivity contribution in [3.05, 3.63) is 48.6 Å². The first-order chi connectivity index (χ1) is 43.0. The molecule has 0 aromatic heterocycles. The quantitative estimate of drug-likeness (QED) is 0.0320. The molecule has 2 atom stereocenters. The van der Waals surface area contributed by atoms with Crippen LogP contribution in [0.2, 0.25) is 0 Å². The SMILES string of the molecule is CCCCC/C=C\C/C=C\CCCCCCCC(=O)OCCCCCCCCCCCCC/C=C\C/C=C\CCCCCCCCCCCCCCCCCCCC(=O)NC(CO)C(O)CCCCCCCCCCCCCCCCCCCCCC. The molecule has 0 fully saturated rings. The van der Waals surface area contributed by atoms with Crippen molar-refractivity contribution in [2.75, 3.05) is 13.2 Å². The van der Waals surface area contributed by atoms with Gasteiger partial charge in [0, 0.05) is 12.8 Å². The number of unbranched alkanes of at least 4 members (excludes halogenated alkanes) is 55. The molecule has 87 heavy (non-hydrogen) atoms. The van der Waals surface area contributed by atoms with Crippen molar-refractivity contribution in [2.24, 2.45) is 0 Å². The molecule has 0 bridgehead atoms. The Hall–Kier alpha value is -2.18. The van der Waals surface area contributed by atoms with Crippen LogP contribution in [0.3, 0.4) is 0 Å². The van der Waals surface area contributed by atoms with Crippen LogP contribution in [0.4, 0.5) is 0 Å². The molecule has 0 aliphatic carbocycles. The van der Waals surface area contributed by atoms with Crippen LogP contribution in [0.15, 0.2) is 48.6 Å². The third-order valence-electron chi connectivity index (χ3n) is 18.4. The van der Waals surface area contributed by atoms with Crippen molar-refractivity contribution in [1.29, 1.82) is 0 Å². The average molecular weight is 1220 g/mol. The minimum absolute atomic E-state index is 0.00310. The molecule has 0 saturated heterocycles. The number of hydrogen-bond donors (Lipinski definition) is 3. The molecule has 6 nitrogen and oxygen atoms in total. The van der Waals surface area contributed by atoms with E-state index in [0.29, 0.717) is 25.9 Å². The molecule has 2 unspecified atom stereocenters. The molecule has 0 aliphatic rings. The minimum Gasteiger partial charge on any atom is -0.466 e. The maximum Gasteiger partial charge on any atom is 0.305 e. The maximum absolute atomic E-state index is 12.6. The van der Waals surface area contributed by atoms with Crippen molar-refractivity contribution in [1.82, 2.24) is 5.32 Å². The molecule has 0 saturated carbocycles. The lowest BCUT2D eigenvalue weighted by atomic mass is 10.0. The number of aliphatic hydroxyl groups excluding tert-OH is 2. The Labute approximate surface area is 544 Å². The first kappa shape index (κ1) is 84.8. The van der Waals surface area contributed by atoms with E-state index in [1.807, 2.05) is 0 Å². The van der Waals surface area contributed by atoms with Crippen molar-refractivity contribution >= 4 is 11.9 Å². The van der Waals surface area contributed by atoms with E-state index in [4.69, 9.17) is 4.74 Å². The minimum atomic E-state index is -0.664. The number of hydrogen-bond acceptors (Lipinski definition) is 5. The molecule has 0 radical (unpaired) electrons. The van der Waals surface area contributed by atoms with Crippen LogP contribution >= 0.6 is 0 Å². The molecule has 0 aromatic carbocycles. The van der Waals surface area contributed by atoms with Crippen LogP contribution in [0, 0.1) is 0 Å². The number of carbonyl (C=O) groups is 2. The Bertz CT molecular complexity index is 1450. The summed E-state index contributed by atoms with van der Waals surface area (Å²) in [6, 6.07) is -0.541. The number of amides is 1. The third kappa shape index (κ3) is 72.8. The van der Waals surface area contributed by atoms with Gasteiger partial charge in [-0.1, -0.05) is 377 Å². The fourth-order valence-corrected chi connectivity index (χ4v) is 12.4. The predicted molar refractivity (Wildman–Crippen MR) is 384 cm³/mol. The summed E-state index contributed by atoms with van der Waals surface area (Å²) < 4.78 is 5.49. The summed E-state index contributed by atoms with van der Waals surface area (Å²) in [5.74, 6) is -0.0252. The highest BCUT2D eigenvalue weighted by Crippen LogP contribution is 2.19. The molecule has 3 N–H and O–H groups in total. The first-order valence-corrected chi connectivity index (χ1v) is 39.4. The van der Waals surface area contributed by atoms with Gasteiger partial charge in [-0.05, 0) is 89.9 Å². The summed E-state index contributed by atoms with van der Waals surface area (Å²) in [6.45, 7) is 4.96. The average Bonchev–Trinajstić information content (AvgIpc) is 3.52. The highest BCUT2D eigenvalue weighted by molar-refractivity contribution is 5.76. The largest absolute Gasteiger partial charge is 0.466 e. The van der Waals surface area contributed by atoms with Gasteiger partial charge in [0.2, 0.25) is 5.91 Å². The maximum atomic E-state index is 12.6. The summed E-state index contributed by atoms with van der Waals surface area (Å²) in [6.07, 6.45) is 101. The van der Waals surface area contributed by atoms with Crippen molar-refractivity contribution < 1.29 is 24.5 Å². The van der Waals surface area contributed by atoms with Gasteiger partial charge in [0.15, 0.2) is 0 Å². The Morgan fingerprint density at radius 2 is 0.575 bits per heavy atom. The third-order valence-corrected chi connectivity index (χ3v) is 18.4. The standard InChI is InChI=1S/C81H153NO5/c1-3-5-7-9-11-13-15-17-19-20-21-39-42-46-49-53-57-61-65-69-73-79(84)78(77-83)82-80(85)74-70-66-62-58-54-50-47-43-40-37-35-33-31-29-27-25-23-22-24-26-28-30-32-34-36-38-41-44-48-52-56-60-64-68-72-76-87-81(86)75-71-67-63-59-55-51-45-18-16-14-12-10-8-6-4-2/h12,14,18,24,26,30,32,45,78-79,83-84H,3-11,13,15-17,19-23,25,27-29,31,33-44,46-77H2,1-2H3,(H,82,85)/b14-12-,26-24-,32-30-,45-18-. The summed E-state index contributed by atoms with van der Waals surface area (Å²) >= 11 is 0. The lowest BCUT2D eigenvalue weighted by Gasteiger charge is -2.22. The summed E-state index contributed by atoms with van der Waals surface area (Å²) in [4.78, 5) is 24.6. The van der Waals surface area contributed by atoms with Crippen LogP contribution in [0.25, 0.3) is 0 Å². The molecule has 0 heterocycles. The lowest BCUT2D eigenvalue weighted by Crippen LogP contribution is -2.45. The lowest BCUT2D eigenvalue weighted by molar-refractivity contribution is -0.143. The number of aliphatic hydroxyl groups is 2. The van der Waals surface area contributed by atoms with E-state index in [0.717, 1.165) is 57.8 Å². The second-order valence-electron chi connectivity index (χ2n) is 27.0. The van der Waals surface area contributed by atoms with Crippen LogP contribution in [-0.2, 0) is 14.3 Å². The fraction of sp³-hybridized carbons (Fsp3) is 0.877. The number of allylic oxidation sites excluding steroid dienone is 8. The molecular formula is C81H153NO5. The second-order valence-corrected chi connectivity index (χ2v) is 27.0. The summed E-state index contributed by atoms with van der Waals surface area (Å²) in [5.41, 5.74) is 0. The number of ether oxygens (including phenoxy) is 1. The van der Waals surface area contributed by atoms with Crippen LogP contribution < -0.4 is 5.32 Å². The number of nitrogens with one attached hydrogen (secondary N) is 1. The van der Waals surface area contributed by atoms with Gasteiger partial charge in [0.25, 0.3) is 0 Å². The Morgan fingerprint density at radius 3 is 0.897 bits per heavy atom. The van der Waals surface area contributed by atoms with E-state index in [1.165, 1.54) is 340 Å². The molecule has 1 amide bonds. The van der Waals surface area contributed by atoms with Gasteiger partial charge in [-0.25, -0.2) is 0 Å². The Kier molecular flexibility index (Phi) is 74.4. The monoisotopic (exact) mass is 1220 g/mol. The summed E-state index contributed by atoms with van der Waals surface area (Å²) in [5, 5.41) is 23.4. The zero-order valence-electron chi connectivity index (χ0n) is 58.8. The van der Waals surface area contributed by atoms with E-state index in [-0.39, 0.29) is 18.5 Å². The van der Waals surface area contributed by atoms with Crippen molar-refractivity contribution in [3.8, 4) is 0 Å². The number of esters is 1. The Balaban J connectivity index is 3.38. The van der Waals surface area contributed by atoms with Crippen molar-refractivity contribution in [3.63, 3.8) is 0 Å². The van der Waals surface area contributed by atoms with Gasteiger partial charge in [-0.3, -0.25) is 9.59 Å². The fourth-order valence-electron chi connectivity index (χ4n) is 12.4. The van der Waals surface area contributed by atoms with Crippen molar-refractivity contribution in [2.45, 2.75) is 443 Å². The van der Waals surface area contributed by atoms with E-state index in [2.05, 4.69) is 67.8 Å². The molecule has 6 heteroatoms. The molecule has 512 valence electrons. The normalized spacial score (nSPS) is 12.7. The van der Waals surface area contributed by atoms with Crippen LogP contribution in [0.1, 0.15) is 431 Å². The second kappa shape index (κ2) is 76.3. The molecule has 0 spiro atoms. The van der Waals surface area contributed by atoms with Gasteiger partial charge in [0.05, 0.1) is 25.4 Å². The topological polar surface area (TPSA) is 95.9 Å². The van der Waals surface area contributed by atoms with E-state index in [9.17, 15) is 19.8 Å². The Morgan fingerprint density at radius 1 is 0.322 bits per heavy atom. The smallest absolute Gasteiger partial charge is 0.305 e. The van der Waals surface area contributed by atoms with Gasteiger partial charge in [-0.2, -0.15) is 0 Å². The van der Waals surface area contributed by atoms with Gasteiger partial charge >= 0.3 is 5.97 Å². The van der Waals surface area contributed by atoms with Crippen LogP contribution in [0.5, 0.6) is 0 Å². The highest BCUT2D eigenvalue weighted by Gasteiger charge is 2.20.